The quantitative estimate of drug-likeness (QED) is 0.281. The average Bonchev–Trinajstić information content (AvgIpc) is 2.96. The number of carbonyl (C=O) groups is 1. The van der Waals surface area contributed by atoms with Gasteiger partial charge < -0.3 is 25.2 Å². The van der Waals surface area contributed by atoms with Gasteiger partial charge in [0, 0.05) is 43.5 Å². The van der Waals surface area contributed by atoms with E-state index in [0.717, 1.165) is 17.9 Å². The van der Waals surface area contributed by atoms with Crippen LogP contribution in [0.25, 0.3) is 16.7 Å². The summed E-state index contributed by atoms with van der Waals surface area (Å²) in [5.41, 5.74) is 2.72. The number of anilines is 4. The van der Waals surface area contributed by atoms with Gasteiger partial charge in [-0.15, -0.1) is 0 Å². The SMILES string of the molecule is C=CC(=O)Nc1cc(Nc2ncc3cc(C#N)c(=O)n(-c4ccc(C)nc4)c3n2)c(OC)cc1N(C)CCN(C)C. The first-order chi connectivity index (χ1) is 19.6. The number of nitrogens with one attached hydrogen (secondary N) is 2. The second kappa shape index (κ2) is 12.3. The molecule has 2 N–H and O–H groups in total. The summed E-state index contributed by atoms with van der Waals surface area (Å²) >= 11 is 0. The molecule has 12 heteroatoms. The van der Waals surface area contributed by atoms with Gasteiger partial charge in [-0.2, -0.15) is 10.2 Å². The summed E-state index contributed by atoms with van der Waals surface area (Å²) < 4.78 is 7.01. The lowest BCUT2D eigenvalue weighted by Crippen LogP contribution is -2.29. The van der Waals surface area contributed by atoms with Crippen molar-refractivity contribution in [3.05, 3.63) is 77.0 Å². The average molecular weight is 554 g/mol. The van der Waals surface area contributed by atoms with Gasteiger partial charge in [0.15, 0.2) is 5.65 Å². The number of methoxy groups -OCH3 is 1. The highest BCUT2D eigenvalue weighted by molar-refractivity contribution is 6.02. The first-order valence-corrected chi connectivity index (χ1v) is 12.7. The summed E-state index contributed by atoms with van der Waals surface area (Å²) in [5.74, 6) is 0.287. The van der Waals surface area contributed by atoms with Crippen molar-refractivity contribution in [3.8, 4) is 17.5 Å². The lowest BCUT2D eigenvalue weighted by molar-refractivity contribution is -0.111. The molecule has 0 atom stereocenters. The summed E-state index contributed by atoms with van der Waals surface area (Å²) in [4.78, 5) is 42.9. The molecule has 4 aromatic rings. The van der Waals surface area contributed by atoms with Crippen molar-refractivity contribution in [3.63, 3.8) is 0 Å². The van der Waals surface area contributed by atoms with Gasteiger partial charge in [-0.3, -0.25) is 19.1 Å². The van der Waals surface area contributed by atoms with Crippen LogP contribution < -0.4 is 25.8 Å². The fraction of sp³-hybridized carbons (Fsp3) is 0.241. The number of likely N-dealkylation sites (N-methyl/N-ethyl adjacent to an activating group) is 2. The van der Waals surface area contributed by atoms with Crippen molar-refractivity contribution in [2.24, 2.45) is 0 Å². The number of pyridine rings is 2. The molecule has 0 saturated heterocycles. The highest BCUT2D eigenvalue weighted by Crippen LogP contribution is 2.38. The van der Waals surface area contributed by atoms with Crippen molar-refractivity contribution in [1.82, 2.24) is 24.4 Å². The Morgan fingerprint density at radius 1 is 1.15 bits per heavy atom. The summed E-state index contributed by atoms with van der Waals surface area (Å²) in [6, 6.07) is 10.5. The number of amides is 1. The van der Waals surface area contributed by atoms with E-state index in [9.17, 15) is 14.9 Å². The number of ether oxygens (including phenoxy) is 1. The van der Waals surface area contributed by atoms with E-state index < -0.39 is 5.56 Å². The minimum Gasteiger partial charge on any atom is -0.494 e. The van der Waals surface area contributed by atoms with Crippen molar-refractivity contribution < 1.29 is 9.53 Å². The maximum Gasteiger partial charge on any atom is 0.274 e. The lowest BCUT2D eigenvalue weighted by Gasteiger charge is -2.26. The first kappa shape index (κ1) is 28.7. The second-order valence-electron chi connectivity index (χ2n) is 9.55. The lowest BCUT2D eigenvalue weighted by atomic mass is 10.2. The van der Waals surface area contributed by atoms with E-state index in [-0.39, 0.29) is 23.1 Å². The van der Waals surface area contributed by atoms with E-state index in [1.807, 2.05) is 45.1 Å². The molecule has 41 heavy (non-hydrogen) atoms. The molecule has 0 aliphatic heterocycles. The molecule has 0 unspecified atom stereocenters. The Hall–Kier alpha value is -5.28. The molecule has 0 spiro atoms. The topological polar surface area (TPSA) is 141 Å². The van der Waals surface area contributed by atoms with Gasteiger partial charge >= 0.3 is 0 Å². The van der Waals surface area contributed by atoms with Crippen molar-refractivity contribution in [2.45, 2.75) is 6.92 Å². The molecule has 0 bridgehead atoms. The number of aryl methyl sites for hydroxylation is 1. The number of carbonyl (C=O) groups excluding carboxylic acids is 1. The molecular formula is C29H31N9O3. The minimum absolute atomic E-state index is 0.0411. The van der Waals surface area contributed by atoms with Crippen molar-refractivity contribution >= 4 is 40.0 Å². The number of hydrogen-bond acceptors (Lipinski definition) is 10. The molecule has 0 fully saturated rings. The number of rotatable bonds is 10. The van der Waals surface area contributed by atoms with Gasteiger partial charge in [0.2, 0.25) is 11.9 Å². The Morgan fingerprint density at radius 3 is 2.56 bits per heavy atom. The highest BCUT2D eigenvalue weighted by atomic mass is 16.5. The van der Waals surface area contributed by atoms with Crippen LogP contribution in [0.3, 0.4) is 0 Å². The number of fused-ring (bicyclic) bond motifs is 1. The third-order valence-electron chi connectivity index (χ3n) is 6.32. The molecule has 0 aliphatic rings. The Balaban J connectivity index is 1.82. The van der Waals surface area contributed by atoms with Crippen LogP contribution in [-0.4, -0.2) is 71.7 Å². The number of hydrogen-bond donors (Lipinski definition) is 2. The third-order valence-corrected chi connectivity index (χ3v) is 6.32. The molecule has 0 saturated carbocycles. The summed E-state index contributed by atoms with van der Waals surface area (Å²) in [7, 11) is 7.44. The van der Waals surface area contributed by atoms with Crippen LogP contribution in [0, 0.1) is 18.3 Å². The highest BCUT2D eigenvalue weighted by Gasteiger charge is 2.18. The molecule has 3 aromatic heterocycles. The minimum atomic E-state index is -0.521. The van der Waals surface area contributed by atoms with Crippen LogP contribution in [0.15, 0.2) is 60.2 Å². The molecular weight excluding hydrogens is 522 g/mol. The number of benzene rings is 1. The smallest absolute Gasteiger partial charge is 0.274 e. The maximum absolute atomic E-state index is 13.2. The maximum atomic E-state index is 13.2. The van der Waals surface area contributed by atoms with E-state index in [1.54, 1.807) is 31.5 Å². The number of nitriles is 1. The van der Waals surface area contributed by atoms with Gasteiger partial charge in [0.25, 0.3) is 5.56 Å². The van der Waals surface area contributed by atoms with E-state index in [4.69, 9.17) is 4.74 Å². The molecule has 3 heterocycles. The normalized spacial score (nSPS) is 10.8. The molecule has 1 aromatic carbocycles. The molecule has 1 amide bonds. The Morgan fingerprint density at radius 2 is 1.93 bits per heavy atom. The standard InChI is InChI=1S/C29H31N9O3/c1-7-26(39)33-22-13-23(25(41-6)14-24(22)37(5)11-10-36(3)4)34-29-32-16-20-12-19(15-30)28(40)38(27(20)35-29)21-9-8-18(2)31-17-21/h7-9,12-14,16-17H,1,10-11H2,2-6H3,(H,33,39)(H,32,34,35). The zero-order valence-electron chi connectivity index (χ0n) is 23.6. The predicted molar refractivity (Wildman–Crippen MR) is 159 cm³/mol. The van der Waals surface area contributed by atoms with Crippen molar-refractivity contribution in [1.29, 1.82) is 5.26 Å². The van der Waals surface area contributed by atoms with E-state index >= 15 is 0 Å². The van der Waals surface area contributed by atoms with E-state index in [0.29, 0.717) is 34.7 Å². The van der Waals surface area contributed by atoms with Crippen LogP contribution in [-0.2, 0) is 4.79 Å². The summed E-state index contributed by atoms with van der Waals surface area (Å²) in [6.45, 7) is 6.89. The molecule has 0 aliphatic carbocycles. The van der Waals surface area contributed by atoms with Crippen LogP contribution in [0.4, 0.5) is 23.0 Å². The third kappa shape index (κ3) is 6.32. The molecule has 4 rings (SSSR count). The van der Waals surface area contributed by atoms with Gasteiger partial charge in [-0.05, 0) is 51.4 Å². The monoisotopic (exact) mass is 553 g/mol. The second-order valence-corrected chi connectivity index (χ2v) is 9.55. The fourth-order valence-electron chi connectivity index (χ4n) is 4.10. The number of aromatic nitrogens is 4. The Bertz CT molecular complexity index is 1710. The first-order valence-electron chi connectivity index (χ1n) is 12.7. The van der Waals surface area contributed by atoms with E-state index in [1.165, 1.54) is 22.9 Å². The largest absolute Gasteiger partial charge is 0.494 e. The molecule has 210 valence electrons. The zero-order valence-corrected chi connectivity index (χ0v) is 23.6. The molecule has 0 radical (unpaired) electrons. The van der Waals surface area contributed by atoms with Gasteiger partial charge in [0.1, 0.15) is 17.4 Å². The summed E-state index contributed by atoms with van der Waals surface area (Å²) in [5, 5.41) is 16.0. The molecule has 12 nitrogen and oxygen atoms in total. The predicted octanol–water partition coefficient (Wildman–Crippen LogP) is 3.23. The van der Waals surface area contributed by atoms with Gasteiger partial charge in [-0.1, -0.05) is 6.58 Å². The fourth-order valence-corrected chi connectivity index (χ4v) is 4.10. The van der Waals surface area contributed by atoms with Crippen LogP contribution in [0.2, 0.25) is 0 Å². The van der Waals surface area contributed by atoms with Crippen LogP contribution in [0.5, 0.6) is 5.75 Å². The van der Waals surface area contributed by atoms with E-state index in [2.05, 4.69) is 37.1 Å². The zero-order chi connectivity index (χ0) is 29.7. The van der Waals surface area contributed by atoms with Crippen LogP contribution in [0.1, 0.15) is 11.3 Å². The Labute approximate surface area is 237 Å². The Kier molecular flexibility index (Phi) is 8.60. The number of nitrogens with zero attached hydrogens (tertiary/aromatic N) is 7. The van der Waals surface area contributed by atoms with Crippen molar-refractivity contribution in [2.75, 3.05) is 56.9 Å². The van der Waals surface area contributed by atoms with Gasteiger partial charge in [-0.25, -0.2) is 4.98 Å². The van der Waals surface area contributed by atoms with Crippen LogP contribution >= 0.6 is 0 Å². The summed E-state index contributed by atoms with van der Waals surface area (Å²) in [6.07, 6.45) is 4.27. The van der Waals surface area contributed by atoms with Gasteiger partial charge in [0.05, 0.1) is 36.1 Å².